The quantitative estimate of drug-likeness (QED) is 0.343. The van der Waals surface area contributed by atoms with Crippen LogP contribution in [-0.2, 0) is 19.1 Å². The molecular weight excluding hydrogens is 481 g/mol. The molecule has 37 heavy (non-hydrogen) atoms. The largest absolute Gasteiger partial charge is 0.416 e. The predicted octanol–water partition coefficient (Wildman–Crippen LogP) is 5.43. The molecule has 186 valence electrons. The van der Waals surface area contributed by atoms with Crippen LogP contribution in [0.3, 0.4) is 0 Å². The van der Waals surface area contributed by atoms with E-state index in [1.54, 1.807) is 4.57 Å². The smallest absolute Gasteiger partial charge is 0.337 e. The molecule has 0 atom stereocenters. The third kappa shape index (κ3) is 4.31. The van der Waals surface area contributed by atoms with Gasteiger partial charge in [0.2, 0.25) is 11.9 Å². The van der Waals surface area contributed by atoms with Gasteiger partial charge in [0, 0.05) is 18.7 Å². The fourth-order valence-electron chi connectivity index (χ4n) is 4.53. The molecule has 0 radical (unpaired) electrons. The number of nitrogens with one attached hydrogen (secondary N) is 2. The van der Waals surface area contributed by atoms with Crippen LogP contribution >= 0.6 is 0 Å². The lowest BCUT2D eigenvalue weighted by atomic mass is 10.1. The Hall–Kier alpha value is -4.60. The summed E-state index contributed by atoms with van der Waals surface area (Å²) in [6.07, 6.45) is -3.96. The number of H-pyrrole nitrogens is 1. The normalized spacial score (nSPS) is 13.5. The van der Waals surface area contributed by atoms with Crippen LogP contribution in [0.25, 0.3) is 16.7 Å². The van der Waals surface area contributed by atoms with Gasteiger partial charge in [-0.05, 0) is 42.5 Å². The molecule has 2 N–H and O–H groups in total. The first-order chi connectivity index (χ1) is 17.9. The number of hydrogen-bond acceptors (Lipinski definition) is 5. The first-order valence-corrected chi connectivity index (χ1v) is 11.7. The SMILES string of the molecule is O=c1c2c(nc(Nc3ccccc3)n1-c1ccccc1)CCN(c1nc3ccc(C(F)(F)F)cc3[nH]1)C2. The van der Waals surface area contributed by atoms with Gasteiger partial charge in [-0.1, -0.05) is 36.4 Å². The van der Waals surface area contributed by atoms with Crippen LogP contribution in [0, 0.1) is 0 Å². The lowest BCUT2D eigenvalue weighted by Gasteiger charge is -2.28. The number of halogens is 3. The molecule has 0 saturated heterocycles. The van der Waals surface area contributed by atoms with Crippen molar-refractivity contribution >= 4 is 28.6 Å². The van der Waals surface area contributed by atoms with Crippen molar-refractivity contribution < 1.29 is 13.2 Å². The van der Waals surface area contributed by atoms with Crippen molar-refractivity contribution in [3.8, 4) is 5.69 Å². The Kier molecular flexibility index (Phi) is 5.44. The topological polar surface area (TPSA) is 78.8 Å². The van der Waals surface area contributed by atoms with E-state index in [1.165, 1.54) is 6.07 Å². The van der Waals surface area contributed by atoms with E-state index in [9.17, 15) is 18.0 Å². The number of imidazole rings is 1. The Bertz CT molecular complexity index is 1640. The van der Waals surface area contributed by atoms with Gasteiger partial charge >= 0.3 is 6.18 Å². The van der Waals surface area contributed by atoms with Gasteiger partial charge in [-0.2, -0.15) is 13.2 Å². The first kappa shape index (κ1) is 22.8. The third-order valence-corrected chi connectivity index (χ3v) is 6.37. The number of para-hydroxylation sites is 2. The summed E-state index contributed by atoms with van der Waals surface area (Å²) in [4.78, 5) is 28.0. The fourth-order valence-corrected chi connectivity index (χ4v) is 4.53. The van der Waals surface area contributed by atoms with E-state index in [2.05, 4.69) is 15.3 Å². The summed E-state index contributed by atoms with van der Waals surface area (Å²) in [6, 6.07) is 22.2. The standard InChI is InChI=1S/C27H21F3N6O/c28-27(29,30)17-11-12-22-23(15-17)34-25(33-22)35-14-13-21-20(16-35)24(37)36(19-9-5-2-6-10-19)26(32-21)31-18-7-3-1-4-8-18/h1-12,15H,13-14,16H2,(H,31,32)(H,33,34). The highest BCUT2D eigenvalue weighted by atomic mass is 19.4. The van der Waals surface area contributed by atoms with Crippen molar-refractivity contribution in [3.63, 3.8) is 0 Å². The number of alkyl halides is 3. The molecule has 0 saturated carbocycles. The van der Waals surface area contributed by atoms with Gasteiger partial charge in [0.1, 0.15) is 0 Å². The molecule has 0 amide bonds. The summed E-state index contributed by atoms with van der Waals surface area (Å²) in [5.74, 6) is 0.829. The van der Waals surface area contributed by atoms with Crippen molar-refractivity contribution in [2.75, 3.05) is 16.8 Å². The number of fused-ring (bicyclic) bond motifs is 2. The zero-order valence-electron chi connectivity index (χ0n) is 19.5. The van der Waals surface area contributed by atoms with Gasteiger partial charge in [-0.3, -0.25) is 4.79 Å². The fraction of sp³-hybridized carbons (Fsp3) is 0.148. The number of aromatic amines is 1. The second kappa shape index (κ2) is 8.81. The molecule has 10 heteroatoms. The lowest BCUT2D eigenvalue weighted by molar-refractivity contribution is -0.137. The van der Waals surface area contributed by atoms with E-state index in [0.717, 1.165) is 17.8 Å². The molecular formula is C27H21F3N6O. The summed E-state index contributed by atoms with van der Waals surface area (Å²) in [5.41, 5.74) is 2.43. The van der Waals surface area contributed by atoms with Crippen LogP contribution in [0.5, 0.6) is 0 Å². The summed E-state index contributed by atoms with van der Waals surface area (Å²) in [5, 5.41) is 3.27. The van der Waals surface area contributed by atoms with Crippen LogP contribution < -0.4 is 15.8 Å². The second-order valence-corrected chi connectivity index (χ2v) is 8.79. The molecule has 0 spiro atoms. The van der Waals surface area contributed by atoms with Gasteiger partial charge in [0.25, 0.3) is 5.56 Å². The molecule has 3 heterocycles. The minimum atomic E-state index is -4.44. The van der Waals surface area contributed by atoms with Gasteiger partial charge in [0.15, 0.2) is 0 Å². The Labute approximate surface area is 209 Å². The number of anilines is 3. The zero-order chi connectivity index (χ0) is 25.6. The number of rotatable bonds is 4. The first-order valence-electron chi connectivity index (χ1n) is 11.7. The van der Waals surface area contributed by atoms with Crippen LogP contribution in [0.1, 0.15) is 16.8 Å². The van der Waals surface area contributed by atoms with Gasteiger partial charge < -0.3 is 15.2 Å². The minimum Gasteiger partial charge on any atom is -0.337 e. The molecule has 0 bridgehead atoms. The molecule has 2 aromatic heterocycles. The van der Waals surface area contributed by atoms with Gasteiger partial charge in [-0.15, -0.1) is 0 Å². The molecule has 0 aliphatic carbocycles. The lowest BCUT2D eigenvalue weighted by Crippen LogP contribution is -2.38. The molecule has 0 unspecified atom stereocenters. The summed E-state index contributed by atoms with van der Waals surface area (Å²) in [7, 11) is 0. The molecule has 7 nitrogen and oxygen atoms in total. The number of nitrogens with zero attached hydrogens (tertiary/aromatic N) is 4. The Morgan fingerprint density at radius 3 is 2.38 bits per heavy atom. The Morgan fingerprint density at radius 1 is 0.919 bits per heavy atom. The second-order valence-electron chi connectivity index (χ2n) is 8.79. The summed E-state index contributed by atoms with van der Waals surface area (Å²) >= 11 is 0. The average Bonchev–Trinajstić information content (AvgIpc) is 3.33. The van der Waals surface area contributed by atoms with Crippen molar-refractivity contribution in [1.29, 1.82) is 0 Å². The summed E-state index contributed by atoms with van der Waals surface area (Å²) < 4.78 is 41.0. The maximum absolute atomic E-state index is 13.8. The monoisotopic (exact) mass is 502 g/mol. The average molecular weight is 503 g/mol. The highest BCUT2D eigenvalue weighted by Gasteiger charge is 2.31. The number of benzene rings is 3. The molecule has 1 aliphatic rings. The van der Waals surface area contributed by atoms with Crippen molar-refractivity contribution in [2.45, 2.75) is 19.1 Å². The third-order valence-electron chi connectivity index (χ3n) is 6.37. The highest BCUT2D eigenvalue weighted by Crippen LogP contribution is 2.32. The summed E-state index contributed by atoms with van der Waals surface area (Å²) in [6.45, 7) is 0.733. The number of aromatic nitrogens is 4. The molecule has 6 rings (SSSR count). The Balaban J connectivity index is 1.40. The Morgan fingerprint density at radius 2 is 1.65 bits per heavy atom. The van der Waals surface area contributed by atoms with E-state index in [-0.39, 0.29) is 17.6 Å². The van der Waals surface area contributed by atoms with Crippen molar-refractivity contribution in [1.82, 2.24) is 19.5 Å². The van der Waals surface area contributed by atoms with Crippen LogP contribution in [0.4, 0.5) is 30.8 Å². The van der Waals surface area contributed by atoms with Gasteiger partial charge in [-0.25, -0.2) is 14.5 Å². The minimum absolute atomic E-state index is 0.213. The maximum atomic E-state index is 13.8. The van der Waals surface area contributed by atoms with E-state index in [1.807, 2.05) is 65.6 Å². The van der Waals surface area contributed by atoms with E-state index in [0.29, 0.717) is 47.3 Å². The van der Waals surface area contributed by atoms with Crippen LogP contribution in [0.15, 0.2) is 83.7 Å². The molecule has 3 aromatic carbocycles. The van der Waals surface area contributed by atoms with Crippen molar-refractivity contribution in [3.05, 3.63) is 106 Å². The maximum Gasteiger partial charge on any atom is 0.416 e. The highest BCUT2D eigenvalue weighted by molar-refractivity contribution is 5.78. The van der Waals surface area contributed by atoms with Crippen molar-refractivity contribution in [2.24, 2.45) is 0 Å². The predicted molar refractivity (Wildman–Crippen MR) is 135 cm³/mol. The van der Waals surface area contributed by atoms with E-state index < -0.39 is 11.7 Å². The molecule has 0 fully saturated rings. The van der Waals surface area contributed by atoms with Crippen LogP contribution in [0.2, 0.25) is 0 Å². The van der Waals surface area contributed by atoms with E-state index >= 15 is 0 Å². The molecule has 1 aliphatic heterocycles. The van der Waals surface area contributed by atoms with Gasteiger partial charge in [0.05, 0.1) is 40.1 Å². The van der Waals surface area contributed by atoms with Crippen LogP contribution in [-0.4, -0.2) is 26.1 Å². The zero-order valence-corrected chi connectivity index (χ0v) is 19.5. The molecule has 5 aromatic rings. The van der Waals surface area contributed by atoms with E-state index in [4.69, 9.17) is 4.98 Å². The number of hydrogen-bond donors (Lipinski definition) is 2.